The largest absolute Gasteiger partial charge is 0.495 e. The van der Waals surface area contributed by atoms with E-state index in [1.54, 1.807) is 13.2 Å². The fourth-order valence-electron chi connectivity index (χ4n) is 4.12. The van der Waals surface area contributed by atoms with Gasteiger partial charge in [-0.2, -0.15) is 0 Å². The number of carbonyl (C=O) groups is 1. The van der Waals surface area contributed by atoms with E-state index in [1.807, 2.05) is 37.2 Å². The normalized spacial score (nSPS) is 19.7. The van der Waals surface area contributed by atoms with E-state index in [4.69, 9.17) is 30.1 Å². The second-order valence-electron chi connectivity index (χ2n) is 13.5. The first-order valence-corrected chi connectivity index (χ1v) is 17.6. The molecule has 0 spiro atoms. The minimum Gasteiger partial charge on any atom is -0.495 e. The summed E-state index contributed by atoms with van der Waals surface area (Å²) in [5, 5.41) is 3.68. The maximum absolute atomic E-state index is 12.7. The van der Waals surface area contributed by atoms with Crippen LogP contribution in [-0.4, -0.2) is 51.8 Å². The molecule has 1 aromatic carbocycles. The number of hydrogen-bond donors (Lipinski definition) is 1. The first kappa shape index (κ1) is 34.6. The zero-order valence-corrected chi connectivity index (χ0v) is 28.4. The third-order valence-corrected chi connectivity index (χ3v) is 13.3. The van der Waals surface area contributed by atoms with Crippen LogP contribution in [0.1, 0.15) is 74.3 Å². The van der Waals surface area contributed by atoms with E-state index in [2.05, 4.69) is 79.9 Å². The minimum absolute atomic E-state index is 0.0531. The summed E-state index contributed by atoms with van der Waals surface area (Å²) in [6, 6.07) is 5.63. The number of ether oxygens (including phenoxy) is 1. The number of nitrogens with one attached hydrogen (secondary N) is 1. The van der Waals surface area contributed by atoms with Gasteiger partial charge in [0.05, 0.1) is 29.4 Å². The van der Waals surface area contributed by atoms with Crippen LogP contribution >= 0.6 is 11.6 Å². The molecule has 2 rings (SSSR count). The lowest BCUT2D eigenvalue weighted by atomic mass is 9.87. The SMILES string of the molecule is COc1ccc(C[C@@H](C)NC(=O)/C=C/C[C@H](O[Si](C)(C)C(C)(C)C)[C@H](C)/C=C/B2OC(C)(C)C(C)(C)O2)cc1Cl. The zero-order chi connectivity index (χ0) is 30.5. The van der Waals surface area contributed by atoms with Crippen LogP contribution in [0.5, 0.6) is 5.75 Å². The van der Waals surface area contributed by atoms with Crippen molar-refractivity contribution in [3.8, 4) is 5.75 Å². The van der Waals surface area contributed by atoms with Gasteiger partial charge in [-0.05, 0) is 95.3 Å². The predicted molar refractivity (Wildman–Crippen MR) is 170 cm³/mol. The molecule has 9 heteroatoms. The smallest absolute Gasteiger partial charge is 0.486 e. The van der Waals surface area contributed by atoms with Crippen molar-refractivity contribution in [2.24, 2.45) is 5.92 Å². The van der Waals surface area contributed by atoms with Gasteiger partial charge in [0.25, 0.3) is 0 Å². The molecule has 40 heavy (non-hydrogen) atoms. The Hall–Kier alpha value is -1.58. The van der Waals surface area contributed by atoms with E-state index in [1.165, 1.54) is 0 Å². The van der Waals surface area contributed by atoms with Crippen LogP contribution in [0.2, 0.25) is 23.2 Å². The second-order valence-corrected chi connectivity index (χ2v) is 18.7. The van der Waals surface area contributed by atoms with E-state index in [0.717, 1.165) is 5.56 Å². The summed E-state index contributed by atoms with van der Waals surface area (Å²) in [6.45, 7) is 23.6. The van der Waals surface area contributed by atoms with E-state index in [-0.39, 0.29) is 40.2 Å². The molecule has 1 fully saturated rings. The summed E-state index contributed by atoms with van der Waals surface area (Å²) in [5.41, 5.74) is 0.276. The molecule has 1 aromatic rings. The molecule has 3 atom stereocenters. The fraction of sp³-hybridized carbons (Fsp3) is 0.645. The average Bonchev–Trinajstić information content (AvgIpc) is 3.01. The van der Waals surface area contributed by atoms with Gasteiger partial charge < -0.3 is 23.8 Å². The van der Waals surface area contributed by atoms with Gasteiger partial charge in [0.1, 0.15) is 5.75 Å². The molecule has 0 saturated carbocycles. The van der Waals surface area contributed by atoms with Crippen LogP contribution < -0.4 is 10.1 Å². The maximum Gasteiger partial charge on any atom is 0.486 e. The molecule has 224 valence electrons. The predicted octanol–water partition coefficient (Wildman–Crippen LogP) is 7.56. The van der Waals surface area contributed by atoms with Crippen LogP contribution in [0.25, 0.3) is 0 Å². The average molecular weight is 592 g/mol. The van der Waals surface area contributed by atoms with Crippen molar-refractivity contribution in [3.63, 3.8) is 0 Å². The van der Waals surface area contributed by atoms with Crippen LogP contribution in [0.4, 0.5) is 0 Å². The Morgan fingerprint density at radius 3 is 2.27 bits per heavy atom. The van der Waals surface area contributed by atoms with Crippen molar-refractivity contribution < 1.29 is 23.3 Å². The Morgan fingerprint density at radius 2 is 1.75 bits per heavy atom. The maximum atomic E-state index is 12.7. The third-order valence-electron chi connectivity index (χ3n) is 8.47. The van der Waals surface area contributed by atoms with Crippen molar-refractivity contribution in [1.29, 1.82) is 0 Å². The number of amides is 1. The number of benzene rings is 1. The lowest BCUT2D eigenvalue weighted by Gasteiger charge is -2.40. The van der Waals surface area contributed by atoms with Crippen LogP contribution in [0.15, 0.2) is 42.4 Å². The van der Waals surface area contributed by atoms with Crippen LogP contribution in [0.3, 0.4) is 0 Å². The standard InChI is InChI=1S/C31H51BClNO5Si/c1-22(18-19-32-38-30(6,7)31(8,9)39-32)26(37-40(11,12)29(3,4)5)14-13-15-28(35)34-23(2)20-24-16-17-27(36-10)25(33)21-24/h13,15-19,21-23,26H,14,20H2,1-12H3,(H,34,35)/b15-13+,19-18+/t22-,23-,26+/m1/s1. The highest BCUT2D eigenvalue weighted by Gasteiger charge is 2.50. The highest BCUT2D eigenvalue weighted by molar-refractivity contribution is 6.74. The molecule has 1 N–H and O–H groups in total. The molecule has 1 heterocycles. The number of rotatable bonds is 12. The first-order valence-electron chi connectivity index (χ1n) is 14.3. The molecule has 0 radical (unpaired) electrons. The summed E-state index contributed by atoms with van der Waals surface area (Å²) in [4.78, 5) is 12.7. The number of hydrogen-bond acceptors (Lipinski definition) is 5. The van der Waals surface area contributed by atoms with Gasteiger partial charge in [0, 0.05) is 6.04 Å². The summed E-state index contributed by atoms with van der Waals surface area (Å²) >= 11 is 6.25. The van der Waals surface area contributed by atoms with Gasteiger partial charge >= 0.3 is 7.12 Å². The number of methoxy groups -OCH3 is 1. The molecule has 1 aliphatic heterocycles. The van der Waals surface area contributed by atoms with E-state index < -0.39 is 15.4 Å². The monoisotopic (exact) mass is 591 g/mol. The van der Waals surface area contributed by atoms with Gasteiger partial charge in [0.2, 0.25) is 5.91 Å². The fourth-order valence-corrected chi connectivity index (χ4v) is 5.83. The highest BCUT2D eigenvalue weighted by Crippen LogP contribution is 2.39. The number of halogens is 1. The second kappa shape index (κ2) is 13.6. The quantitative estimate of drug-likeness (QED) is 0.201. The highest BCUT2D eigenvalue weighted by atomic mass is 35.5. The van der Waals surface area contributed by atoms with Gasteiger partial charge in [-0.25, -0.2) is 0 Å². The lowest BCUT2D eigenvalue weighted by Crippen LogP contribution is -2.45. The van der Waals surface area contributed by atoms with E-state index in [9.17, 15) is 4.79 Å². The Bertz CT molecular complexity index is 1050. The Morgan fingerprint density at radius 1 is 1.15 bits per heavy atom. The van der Waals surface area contributed by atoms with Crippen LogP contribution in [-0.2, 0) is 25.0 Å². The van der Waals surface area contributed by atoms with Crippen LogP contribution in [0, 0.1) is 5.92 Å². The van der Waals surface area contributed by atoms with Crippen molar-refractivity contribution in [1.82, 2.24) is 5.32 Å². The summed E-state index contributed by atoms with van der Waals surface area (Å²) in [5.74, 6) is 2.60. The van der Waals surface area contributed by atoms with E-state index >= 15 is 0 Å². The molecule has 1 amide bonds. The van der Waals surface area contributed by atoms with Gasteiger partial charge in [-0.1, -0.05) is 63.5 Å². The summed E-state index contributed by atoms with van der Waals surface area (Å²) in [6.07, 6.45) is 6.87. The van der Waals surface area contributed by atoms with Crippen molar-refractivity contribution in [2.75, 3.05) is 7.11 Å². The van der Waals surface area contributed by atoms with E-state index in [0.29, 0.717) is 23.6 Å². The molecule has 1 aliphatic rings. The van der Waals surface area contributed by atoms with Crippen molar-refractivity contribution in [3.05, 3.63) is 53.0 Å². The Balaban J connectivity index is 2.05. The minimum atomic E-state index is -2.05. The van der Waals surface area contributed by atoms with Gasteiger partial charge in [-0.15, -0.1) is 0 Å². The Labute approximate surface area is 249 Å². The molecule has 0 unspecified atom stereocenters. The molecular weight excluding hydrogens is 541 g/mol. The summed E-state index contributed by atoms with van der Waals surface area (Å²) < 4.78 is 24.3. The van der Waals surface area contributed by atoms with Gasteiger partial charge in [0.15, 0.2) is 8.32 Å². The zero-order valence-electron chi connectivity index (χ0n) is 26.7. The topological polar surface area (TPSA) is 66.0 Å². The molecule has 1 saturated heterocycles. The lowest BCUT2D eigenvalue weighted by molar-refractivity contribution is -0.117. The molecule has 0 aliphatic carbocycles. The Kier molecular flexibility index (Phi) is 11.8. The molecule has 0 bridgehead atoms. The summed E-state index contributed by atoms with van der Waals surface area (Å²) in [7, 11) is -0.853. The molecule has 6 nitrogen and oxygen atoms in total. The number of carbonyl (C=O) groups excluding carboxylic acids is 1. The third kappa shape index (κ3) is 9.48. The first-order chi connectivity index (χ1) is 18.3. The van der Waals surface area contributed by atoms with Crippen molar-refractivity contribution in [2.45, 2.75) is 117 Å². The van der Waals surface area contributed by atoms with Crippen molar-refractivity contribution >= 4 is 32.9 Å². The molecular formula is C31H51BClNO5Si. The molecule has 0 aromatic heterocycles. The van der Waals surface area contributed by atoms with Gasteiger partial charge in [-0.3, -0.25) is 4.79 Å².